The van der Waals surface area contributed by atoms with Gasteiger partial charge in [0.25, 0.3) is 0 Å². The summed E-state index contributed by atoms with van der Waals surface area (Å²) >= 11 is 0. The van der Waals surface area contributed by atoms with Crippen LogP contribution in [0.15, 0.2) is 71.9 Å². The van der Waals surface area contributed by atoms with E-state index < -0.39 is 0 Å². The van der Waals surface area contributed by atoms with E-state index in [9.17, 15) is 0 Å². The van der Waals surface area contributed by atoms with E-state index in [1.165, 1.54) is 16.5 Å². The molecule has 0 atom stereocenters. The summed E-state index contributed by atoms with van der Waals surface area (Å²) in [7, 11) is 0. The highest BCUT2D eigenvalue weighted by atomic mass is 127. The van der Waals surface area contributed by atoms with E-state index in [4.69, 9.17) is 5.73 Å². The van der Waals surface area contributed by atoms with E-state index in [0.717, 1.165) is 32.5 Å². The molecule has 1 heterocycles. The number of fused-ring (bicyclic) bond motifs is 1. The highest BCUT2D eigenvalue weighted by Crippen LogP contribution is 2.15. The van der Waals surface area contributed by atoms with Gasteiger partial charge in [0.2, 0.25) is 0 Å². The zero-order valence-corrected chi connectivity index (χ0v) is 16.6. The minimum Gasteiger partial charge on any atom is -0.370 e. The summed E-state index contributed by atoms with van der Waals surface area (Å²) in [6, 6.07) is 21.0. The lowest BCUT2D eigenvalue weighted by atomic mass is 10.1. The average molecular weight is 448 g/mol. The van der Waals surface area contributed by atoms with E-state index in [-0.39, 0.29) is 24.0 Å². The Morgan fingerprint density at radius 1 is 1.00 bits per heavy atom. The first kappa shape index (κ1) is 19.3. The van der Waals surface area contributed by atoms with Crippen molar-refractivity contribution in [3.05, 3.63) is 72.4 Å². The minimum absolute atomic E-state index is 0. The summed E-state index contributed by atoms with van der Waals surface area (Å²) in [5.74, 6) is 0.531. The number of benzene rings is 2. The molecule has 0 aliphatic carbocycles. The van der Waals surface area contributed by atoms with Crippen molar-refractivity contribution in [2.45, 2.75) is 19.4 Å². The summed E-state index contributed by atoms with van der Waals surface area (Å²) in [6.07, 6.45) is 4.06. The molecule has 3 rings (SSSR count). The van der Waals surface area contributed by atoms with Crippen LogP contribution in [0.25, 0.3) is 10.9 Å². The number of nitrogens with one attached hydrogen (secondary N) is 1. The third kappa shape index (κ3) is 5.77. The summed E-state index contributed by atoms with van der Waals surface area (Å²) in [5.41, 5.74) is 8.50. The fourth-order valence-electron chi connectivity index (χ4n) is 2.81. The largest absolute Gasteiger partial charge is 0.370 e. The normalized spacial score (nSPS) is 11.3. The number of aromatic nitrogens is 1. The number of hydrogen-bond acceptors (Lipinski definition) is 1. The van der Waals surface area contributed by atoms with Crippen molar-refractivity contribution in [2.75, 3.05) is 13.1 Å². The fraction of sp³-hybridized carbons (Fsp3) is 0.250. The van der Waals surface area contributed by atoms with Crippen LogP contribution in [0, 0.1) is 0 Å². The lowest BCUT2D eigenvalue weighted by molar-refractivity contribution is 0.669. The van der Waals surface area contributed by atoms with Crippen LogP contribution in [0.1, 0.15) is 12.0 Å². The standard InChI is InChI=1S/C20H24N4.HI/c21-20(23-14-11-17-7-2-1-3-8-17)22-13-6-15-24-16-12-18-9-4-5-10-19(18)24;/h1-5,7-10,12,16H,6,11,13-15H2,(H3,21,22,23);1H. The van der Waals surface area contributed by atoms with Gasteiger partial charge in [-0.2, -0.15) is 0 Å². The monoisotopic (exact) mass is 448 g/mol. The maximum atomic E-state index is 5.92. The second-order valence-electron chi connectivity index (χ2n) is 5.85. The van der Waals surface area contributed by atoms with Crippen molar-refractivity contribution in [2.24, 2.45) is 10.7 Å². The second kappa shape index (κ2) is 10.1. The van der Waals surface area contributed by atoms with Gasteiger partial charge in [0.05, 0.1) is 0 Å². The summed E-state index contributed by atoms with van der Waals surface area (Å²) in [6.45, 7) is 2.49. The van der Waals surface area contributed by atoms with Crippen LogP contribution < -0.4 is 11.1 Å². The number of rotatable bonds is 7. The van der Waals surface area contributed by atoms with Gasteiger partial charge in [-0.15, -0.1) is 24.0 Å². The van der Waals surface area contributed by atoms with Crippen LogP contribution in [-0.4, -0.2) is 23.6 Å². The Kier molecular flexibility index (Phi) is 7.78. The van der Waals surface area contributed by atoms with Gasteiger partial charge in [0.15, 0.2) is 5.96 Å². The Morgan fingerprint density at radius 2 is 1.76 bits per heavy atom. The van der Waals surface area contributed by atoms with E-state index in [1.807, 2.05) is 6.07 Å². The predicted octanol–water partition coefficient (Wildman–Crippen LogP) is 3.80. The molecule has 0 unspecified atom stereocenters. The molecule has 0 saturated heterocycles. The molecule has 0 spiro atoms. The van der Waals surface area contributed by atoms with E-state index in [2.05, 4.69) is 75.7 Å². The fourth-order valence-corrected chi connectivity index (χ4v) is 2.81. The SMILES string of the molecule is I.NC(=NCCCn1ccc2ccccc21)NCCc1ccccc1. The van der Waals surface area contributed by atoms with Crippen LogP contribution >= 0.6 is 24.0 Å². The molecule has 0 aliphatic rings. The molecule has 0 saturated carbocycles. The summed E-state index contributed by atoms with van der Waals surface area (Å²) in [5, 5.41) is 4.46. The molecule has 25 heavy (non-hydrogen) atoms. The van der Waals surface area contributed by atoms with E-state index >= 15 is 0 Å². The first-order valence-corrected chi connectivity index (χ1v) is 8.44. The van der Waals surface area contributed by atoms with Gasteiger partial charge < -0.3 is 15.6 Å². The Labute approximate surface area is 166 Å². The molecule has 5 heteroatoms. The van der Waals surface area contributed by atoms with Crippen LogP contribution in [0.5, 0.6) is 0 Å². The second-order valence-corrected chi connectivity index (χ2v) is 5.85. The van der Waals surface area contributed by atoms with Crippen LogP contribution in [0.3, 0.4) is 0 Å². The van der Waals surface area contributed by atoms with Crippen LogP contribution in [-0.2, 0) is 13.0 Å². The molecule has 0 radical (unpaired) electrons. The Hall–Kier alpha value is -2.02. The zero-order chi connectivity index (χ0) is 16.6. The van der Waals surface area contributed by atoms with Crippen molar-refractivity contribution < 1.29 is 0 Å². The molecule has 0 fully saturated rings. The number of nitrogens with two attached hydrogens (primary N) is 1. The quantitative estimate of drug-likeness (QED) is 0.250. The number of para-hydroxylation sites is 1. The van der Waals surface area contributed by atoms with Crippen molar-refractivity contribution in [1.82, 2.24) is 9.88 Å². The first-order chi connectivity index (χ1) is 11.8. The molecular formula is C20H25IN4. The van der Waals surface area contributed by atoms with Crippen LogP contribution in [0.4, 0.5) is 0 Å². The van der Waals surface area contributed by atoms with Crippen molar-refractivity contribution >= 4 is 40.8 Å². The molecule has 3 aromatic rings. The van der Waals surface area contributed by atoms with Gasteiger partial charge in [-0.25, -0.2) is 0 Å². The topological polar surface area (TPSA) is 55.3 Å². The summed E-state index contributed by atoms with van der Waals surface area (Å²) in [4.78, 5) is 4.40. The lowest BCUT2D eigenvalue weighted by Gasteiger charge is -2.07. The van der Waals surface area contributed by atoms with E-state index in [0.29, 0.717) is 5.96 Å². The molecular weight excluding hydrogens is 423 g/mol. The molecule has 1 aromatic heterocycles. The third-order valence-electron chi connectivity index (χ3n) is 4.08. The van der Waals surface area contributed by atoms with Gasteiger partial charge >= 0.3 is 0 Å². The Bertz CT molecular complexity index is 796. The Balaban J connectivity index is 0.00000225. The lowest BCUT2D eigenvalue weighted by Crippen LogP contribution is -2.33. The zero-order valence-electron chi connectivity index (χ0n) is 14.3. The van der Waals surface area contributed by atoms with Gasteiger partial charge in [-0.3, -0.25) is 4.99 Å². The minimum atomic E-state index is 0. The summed E-state index contributed by atoms with van der Waals surface area (Å²) < 4.78 is 2.27. The number of aliphatic imine (C=N–C) groups is 1. The Morgan fingerprint density at radius 3 is 2.60 bits per heavy atom. The predicted molar refractivity (Wildman–Crippen MR) is 117 cm³/mol. The van der Waals surface area contributed by atoms with Gasteiger partial charge in [-0.05, 0) is 35.9 Å². The molecule has 132 valence electrons. The molecule has 0 amide bonds. The first-order valence-electron chi connectivity index (χ1n) is 8.44. The highest BCUT2D eigenvalue weighted by molar-refractivity contribution is 14.0. The highest BCUT2D eigenvalue weighted by Gasteiger charge is 1.99. The molecule has 4 nitrogen and oxygen atoms in total. The smallest absolute Gasteiger partial charge is 0.188 e. The van der Waals surface area contributed by atoms with Gasteiger partial charge in [0.1, 0.15) is 0 Å². The third-order valence-corrected chi connectivity index (χ3v) is 4.08. The maximum absolute atomic E-state index is 5.92. The van der Waals surface area contributed by atoms with Crippen LogP contribution in [0.2, 0.25) is 0 Å². The maximum Gasteiger partial charge on any atom is 0.188 e. The van der Waals surface area contributed by atoms with Crippen molar-refractivity contribution in [1.29, 1.82) is 0 Å². The molecule has 3 N–H and O–H groups in total. The molecule has 2 aromatic carbocycles. The molecule has 0 bridgehead atoms. The number of aryl methyl sites for hydroxylation is 1. The average Bonchev–Trinajstić information content (AvgIpc) is 3.03. The number of halogens is 1. The number of nitrogens with zero attached hydrogens (tertiary/aromatic N) is 2. The van der Waals surface area contributed by atoms with Crippen molar-refractivity contribution in [3.63, 3.8) is 0 Å². The molecule has 0 aliphatic heterocycles. The number of hydrogen-bond donors (Lipinski definition) is 2. The van der Waals surface area contributed by atoms with Crippen molar-refractivity contribution in [3.8, 4) is 0 Å². The van der Waals surface area contributed by atoms with Gasteiger partial charge in [0, 0.05) is 31.3 Å². The van der Waals surface area contributed by atoms with Gasteiger partial charge in [-0.1, -0.05) is 48.5 Å². The number of guanidine groups is 1. The van der Waals surface area contributed by atoms with E-state index in [1.54, 1.807) is 0 Å².